The largest absolute Gasteiger partial charge is 0.482 e. The smallest absolute Gasteiger partial charge is 0.320 e. The molecule has 1 unspecified atom stereocenters. The summed E-state index contributed by atoms with van der Waals surface area (Å²) in [5, 5.41) is 13.2. The van der Waals surface area contributed by atoms with E-state index in [0.717, 1.165) is 5.56 Å². The molecule has 2 heterocycles. The molecule has 0 amide bonds. The Labute approximate surface area is 187 Å². The molecule has 0 aliphatic carbocycles. The summed E-state index contributed by atoms with van der Waals surface area (Å²) in [7, 11) is 0. The number of halogens is 3. The van der Waals surface area contributed by atoms with Gasteiger partial charge < -0.3 is 21.3 Å². The number of ether oxygens (including phenoxy) is 1. The molecular weight excluding hydrogens is 448 g/mol. The molecule has 0 spiro atoms. The van der Waals surface area contributed by atoms with E-state index < -0.39 is 23.9 Å². The van der Waals surface area contributed by atoms with Crippen molar-refractivity contribution >= 4 is 35.0 Å². The highest BCUT2D eigenvalue weighted by Crippen LogP contribution is 2.36. The fourth-order valence-electron chi connectivity index (χ4n) is 2.90. The minimum absolute atomic E-state index is 0.122. The first kappa shape index (κ1) is 22.8. The molecule has 0 aliphatic heterocycles. The van der Waals surface area contributed by atoms with Gasteiger partial charge in [-0.1, -0.05) is 23.2 Å². The van der Waals surface area contributed by atoms with Gasteiger partial charge in [0.15, 0.2) is 11.6 Å². The topological polar surface area (TPSA) is 129 Å². The van der Waals surface area contributed by atoms with Gasteiger partial charge in [-0.25, -0.2) is 9.37 Å². The van der Waals surface area contributed by atoms with Crippen LogP contribution in [0, 0.1) is 5.82 Å². The lowest BCUT2D eigenvalue weighted by atomic mass is 10.1. The third-order valence-corrected chi connectivity index (χ3v) is 5.34. The van der Waals surface area contributed by atoms with E-state index in [9.17, 15) is 9.18 Å². The Hall–Kier alpha value is -2.88. The maximum atomic E-state index is 13.8. The number of aromatic nitrogens is 3. The number of nitrogens with zero attached hydrogens (tertiary/aromatic N) is 3. The van der Waals surface area contributed by atoms with E-state index >= 15 is 0 Å². The van der Waals surface area contributed by atoms with Crippen molar-refractivity contribution in [1.29, 1.82) is 0 Å². The molecule has 0 saturated heterocycles. The van der Waals surface area contributed by atoms with Crippen molar-refractivity contribution in [2.45, 2.75) is 32.0 Å². The van der Waals surface area contributed by atoms with Gasteiger partial charge >= 0.3 is 5.97 Å². The second-order valence-electron chi connectivity index (χ2n) is 6.85. The fourth-order valence-corrected chi connectivity index (χ4v) is 3.58. The first-order valence-corrected chi connectivity index (χ1v) is 9.99. The van der Waals surface area contributed by atoms with Crippen LogP contribution in [0.1, 0.15) is 25.0 Å². The monoisotopic (exact) mass is 467 g/mol. The zero-order chi connectivity index (χ0) is 22.7. The standard InChI is InChI=1S/C20H20Cl2FN5O3/c1-10(17-13(21)2-3-14(23)18(17)22)31-16-6-11(7-26-19(16)25)12-8-27-28(9-12)5-4-15(24)20(29)30/h2-3,6-10,15H,4-5,24H2,1H3,(H2,25,26)(H,29,30)/t10?,15-/m0/s1. The number of rotatable bonds is 8. The van der Waals surface area contributed by atoms with E-state index in [1.807, 2.05) is 0 Å². The van der Waals surface area contributed by atoms with Gasteiger partial charge in [-0.15, -0.1) is 0 Å². The SMILES string of the molecule is CC(Oc1cc(-c2cnn(CC[C@H](N)C(=O)O)c2)cnc1N)c1c(Cl)ccc(F)c1Cl. The van der Waals surface area contributed by atoms with Crippen LogP contribution in [0.5, 0.6) is 5.75 Å². The van der Waals surface area contributed by atoms with Gasteiger partial charge in [0.05, 0.1) is 11.2 Å². The van der Waals surface area contributed by atoms with Crippen LogP contribution >= 0.6 is 23.2 Å². The highest BCUT2D eigenvalue weighted by molar-refractivity contribution is 6.36. The predicted octanol–water partition coefficient (Wildman–Crippen LogP) is 3.92. The Morgan fingerprint density at radius 3 is 2.77 bits per heavy atom. The summed E-state index contributed by atoms with van der Waals surface area (Å²) in [5.41, 5.74) is 13.2. The number of carbonyl (C=O) groups is 1. The molecule has 31 heavy (non-hydrogen) atoms. The summed E-state index contributed by atoms with van der Waals surface area (Å²) in [6.07, 6.45) is 4.43. The van der Waals surface area contributed by atoms with Crippen LogP contribution in [0.4, 0.5) is 10.2 Å². The molecule has 3 rings (SSSR count). The number of nitrogen functional groups attached to an aromatic ring is 1. The molecule has 2 aromatic heterocycles. The summed E-state index contributed by atoms with van der Waals surface area (Å²) in [6, 6.07) is 3.29. The highest BCUT2D eigenvalue weighted by atomic mass is 35.5. The number of anilines is 1. The molecule has 5 N–H and O–H groups in total. The lowest BCUT2D eigenvalue weighted by Crippen LogP contribution is -2.31. The van der Waals surface area contributed by atoms with Crippen LogP contribution in [0.2, 0.25) is 10.0 Å². The molecule has 8 nitrogen and oxygen atoms in total. The van der Waals surface area contributed by atoms with Crippen molar-refractivity contribution in [3.8, 4) is 16.9 Å². The number of hydrogen-bond acceptors (Lipinski definition) is 6. The third-order valence-electron chi connectivity index (χ3n) is 4.62. The maximum absolute atomic E-state index is 13.8. The van der Waals surface area contributed by atoms with Crippen molar-refractivity contribution in [3.63, 3.8) is 0 Å². The van der Waals surface area contributed by atoms with Crippen LogP contribution < -0.4 is 16.2 Å². The second kappa shape index (κ2) is 9.51. The van der Waals surface area contributed by atoms with Crippen molar-refractivity contribution in [2.24, 2.45) is 5.73 Å². The van der Waals surface area contributed by atoms with Gasteiger partial charge in [0.25, 0.3) is 0 Å². The molecule has 1 aromatic carbocycles. The minimum atomic E-state index is -1.07. The summed E-state index contributed by atoms with van der Waals surface area (Å²) >= 11 is 12.2. The van der Waals surface area contributed by atoms with Gasteiger partial charge in [0.1, 0.15) is 18.0 Å². The zero-order valence-corrected chi connectivity index (χ0v) is 17.9. The maximum Gasteiger partial charge on any atom is 0.320 e. The predicted molar refractivity (Wildman–Crippen MR) is 116 cm³/mol. The van der Waals surface area contributed by atoms with Crippen LogP contribution in [0.15, 0.2) is 36.8 Å². The fraction of sp³-hybridized carbons (Fsp3) is 0.250. The molecule has 2 atom stereocenters. The molecule has 0 bridgehead atoms. The highest BCUT2D eigenvalue weighted by Gasteiger charge is 2.20. The number of hydrogen-bond donors (Lipinski definition) is 3. The van der Waals surface area contributed by atoms with Gasteiger partial charge in [-0.3, -0.25) is 9.48 Å². The molecule has 164 valence electrons. The van der Waals surface area contributed by atoms with E-state index in [0.29, 0.717) is 17.7 Å². The van der Waals surface area contributed by atoms with Crippen LogP contribution in [0.25, 0.3) is 11.1 Å². The van der Waals surface area contributed by atoms with Gasteiger partial charge in [0.2, 0.25) is 0 Å². The Morgan fingerprint density at radius 1 is 1.32 bits per heavy atom. The number of carboxylic acid groups (broad SMARTS) is 1. The first-order valence-electron chi connectivity index (χ1n) is 9.24. The van der Waals surface area contributed by atoms with Crippen molar-refractivity contribution in [1.82, 2.24) is 14.8 Å². The first-order chi connectivity index (χ1) is 14.7. The summed E-state index contributed by atoms with van der Waals surface area (Å²) < 4.78 is 21.3. The second-order valence-corrected chi connectivity index (χ2v) is 7.63. The average Bonchev–Trinajstić information content (AvgIpc) is 3.20. The minimum Gasteiger partial charge on any atom is -0.482 e. The van der Waals surface area contributed by atoms with Gasteiger partial charge in [-0.05, 0) is 31.5 Å². The summed E-state index contributed by atoms with van der Waals surface area (Å²) in [5.74, 6) is -1.27. The molecule has 0 aliphatic rings. The number of aryl methyl sites for hydroxylation is 1. The summed E-state index contributed by atoms with van der Waals surface area (Å²) in [4.78, 5) is 15.0. The van der Waals surface area contributed by atoms with Gasteiger partial charge in [-0.2, -0.15) is 5.10 Å². The summed E-state index contributed by atoms with van der Waals surface area (Å²) in [6.45, 7) is 2.01. The van der Waals surface area contributed by atoms with E-state index in [1.54, 1.807) is 36.3 Å². The van der Waals surface area contributed by atoms with E-state index in [1.165, 1.54) is 12.1 Å². The molecular formula is C20H20Cl2FN5O3. The van der Waals surface area contributed by atoms with E-state index in [4.69, 9.17) is 44.5 Å². The van der Waals surface area contributed by atoms with Gasteiger partial charge in [0, 0.05) is 40.7 Å². The van der Waals surface area contributed by atoms with Crippen LogP contribution in [-0.4, -0.2) is 31.9 Å². The van der Waals surface area contributed by atoms with Crippen molar-refractivity contribution < 1.29 is 19.0 Å². The Balaban J connectivity index is 1.80. The number of aliphatic carboxylic acids is 1. The van der Waals surface area contributed by atoms with E-state index in [2.05, 4.69) is 10.1 Å². The third kappa shape index (κ3) is 5.25. The molecule has 11 heteroatoms. The van der Waals surface area contributed by atoms with Crippen molar-refractivity contribution in [2.75, 3.05) is 5.73 Å². The average molecular weight is 468 g/mol. The van der Waals surface area contributed by atoms with Crippen LogP contribution in [-0.2, 0) is 11.3 Å². The molecule has 0 fully saturated rings. The molecule has 3 aromatic rings. The molecule has 0 radical (unpaired) electrons. The lowest BCUT2D eigenvalue weighted by molar-refractivity contribution is -0.138. The number of pyridine rings is 1. The van der Waals surface area contributed by atoms with Crippen LogP contribution in [0.3, 0.4) is 0 Å². The Kier molecular flexibility index (Phi) is 6.99. The normalized spacial score (nSPS) is 13.1. The zero-order valence-electron chi connectivity index (χ0n) is 16.4. The number of nitrogens with two attached hydrogens (primary N) is 2. The Morgan fingerprint density at radius 2 is 2.06 bits per heavy atom. The Bertz CT molecular complexity index is 1110. The number of benzene rings is 1. The quantitative estimate of drug-likeness (QED) is 0.428. The number of carboxylic acids is 1. The molecule has 0 saturated carbocycles. The van der Waals surface area contributed by atoms with Crippen molar-refractivity contribution in [3.05, 3.63) is 58.2 Å². The van der Waals surface area contributed by atoms with E-state index in [-0.39, 0.29) is 28.0 Å². The lowest BCUT2D eigenvalue weighted by Gasteiger charge is -2.19.